The summed E-state index contributed by atoms with van der Waals surface area (Å²) in [5.74, 6) is 0.0753. The Labute approximate surface area is 96.6 Å². The summed E-state index contributed by atoms with van der Waals surface area (Å²) in [5, 5.41) is 0. The number of Topliss-reactive ketones (excluding diaryl/α,β-unsaturated/α-hetero) is 1. The van der Waals surface area contributed by atoms with Gasteiger partial charge in [-0.2, -0.15) is 0 Å². The second kappa shape index (κ2) is 4.95. The van der Waals surface area contributed by atoms with Gasteiger partial charge in [-0.3, -0.25) is 14.5 Å². The van der Waals surface area contributed by atoms with Gasteiger partial charge in [0.2, 0.25) is 5.91 Å². The average molecular weight is 224 g/mol. The minimum absolute atomic E-state index is 0.00895. The van der Waals surface area contributed by atoms with E-state index < -0.39 is 0 Å². The van der Waals surface area contributed by atoms with Crippen molar-refractivity contribution in [2.45, 2.75) is 38.6 Å². The Morgan fingerprint density at radius 3 is 2.69 bits per heavy atom. The van der Waals surface area contributed by atoms with Gasteiger partial charge < -0.3 is 4.90 Å². The summed E-state index contributed by atoms with van der Waals surface area (Å²) >= 11 is 0. The summed E-state index contributed by atoms with van der Waals surface area (Å²) in [5.41, 5.74) is 0. The molecule has 0 aromatic heterocycles. The van der Waals surface area contributed by atoms with Gasteiger partial charge in [0.05, 0.1) is 13.0 Å². The second-order valence-corrected chi connectivity index (χ2v) is 4.91. The molecule has 0 aromatic rings. The van der Waals surface area contributed by atoms with E-state index in [1.54, 1.807) is 4.90 Å². The fraction of sp³-hybridized carbons (Fsp3) is 0.833. The van der Waals surface area contributed by atoms with Crippen LogP contribution in [0.3, 0.4) is 0 Å². The van der Waals surface area contributed by atoms with Crippen molar-refractivity contribution in [1.29, 1.82) is 0 Å². The lowest BCUT2D eigenvalue weighted by Crippen LogP contribution is -2.42. The molecule has 90 valence electrons. The highest BCUT2D eigenvalue weighted by Gasteiger charge is 2.28. The first-order valence-electron chi connectivity index (χ1n) is 6.20. The maximum Gasteiger partial charge on any atom is 0.230 e. The molecule has 0 aliphatic carbocycles. The molecule has 0 radical (unpaired) electrons. The average Bonchev–Trinajstić information content (AvgIpc) is 2.56. The van der Waals surface area contributed by atoms with Gasteiger partial charge in [-0.15, -0.1) is 0 Å². The molecule has 4 nitrogen and oxygen atoms in total. The molecule has 2 saturated heterocycles. The van der Waals surface area contributed by atoms with Crippen LogP contribution in [0.4, 0.5) is 0 Å². The molecule has 2 rings (SSSR count). The third-order valence-electron chi connectivity index (χ3n) is 3.67. The fourth-order valence-corrected chi connectivity index (χ4v) is 2.58. The smallest absolute Gasteiger partial charge is 0.230 e. The van der Waals surface area contributed by atoms with Gasteiger partial charge in [-0.1, -0.05) is 6.42 Å². The number of hydrogen-bond acceptors (Lipinski definition) is 3. The van der Waals surface area contributed by atoms with Crippen molar-refractivity contribution in [2.24, 2.45) is 0 Å². The zero-order valence-corrected chi connectivity index (χ0v) is 9.95. The molecule has 4 heteroatoms. The van der Waals surface area contributed by atoms with E-state index in [2.05, 4.69) is 11.8 Å². The summed E-state index contributed by atoms with van der Waals surface area (Å²) in [6.45, 7) is 5.35. The highest BCUT2D eigenvalue weighted by atomic mass is 16.2. The summed E-state index contributed by atoms with van der Waals surface area (Å²) in [6, 6.07) is 0.627. The van der Waals surface area contributed by atoms with Crippen molar-refractivity contribution in [3.05, 3.63) is 0 Å². The summed E-state index contributed by atoms with van der Waals surface area (Å²) in [4.78, 5) is 26.7. The van der Waals surface area contributed by atoms with Crippen LogP contribution in [0.1, 0.15) is 32.6 Å². The number of piperidine rings is 1. The third kappa shape index (κ3) is 2.61. The van der Waals surface area contributed by atoms with Gasteiger partial charge in [0.1, 0.15) is 0 Å². The lowest BCUT2D eigenvalue weighted by molar-refractivity contribution is -0.128. The van der Waals surface area contributed by atoms with E-state index in [0.717, 1.165) is 19.6 Å². The fourth-order valence-electron chi connectivity index (χ4n) is 2.58. The van der Waals surface area contributed by atoms with Crippen LogP contribution in [0.15, 0.2) is 0 Å². The maximum atomic E-state index is 11.4. The van der Waals surface area contributed by atoms with E-state index in [-0.39, 0.29) is 18.1 Å². The maximum absolute atomic E-state index is 11.4. The molecule has 0 N–H and O–H groups in total. The molecule has 0 spiro atoms. The van der Waals surface area contributed by atoms with Gasteiger partial charge in [0, 0.05) is 19.1 Å². The Hall–Kier alpha value is -0.900. The van der Waals surface area contributed by atoms with Crippen molar-refractivity contribution in [2.75, 3.05) is 26.2 Å². The molecule has 2 fully saturated rings. The zero-order valence-electron chi connectivity index (χ0n) is 9.95. The van der Waals surface area contributed by atoms with E-state index in [1.165, 1.54) is 19.3 Å². The SMILES string of the molecule is CC1CCCCN1CCN1CC(=O)CC1=O. The monoisotopic (exact) mass is 224 g/mol. The van der Waals surface area contributed by atoms with Crippen molar-refractivity contribution in [3.63, 3.8) is 0 Å². The quantitative estimate of drug-likeness (QED) is 0.661. The molecule has 16 heavy (non-hydrogen) atoms. The standard InChI is InChI=1S/C12H20N2O2/c1-10-4-2-3-5-13(10)6-7-14-9-11(15)8-12(14)16/h10H,2-9H2,1H3. The van der Waals surface area contributed by atoms with Crippen molar-refractivity contribution in [3.8, 4) is 0 Å². The first-order chi connectivity index (χ1) is 7.66. The van der Waals surface area contributed by atoms with Crippen molar-refractivity contribution < 1.29 is 9.59 Å². The Morgan fingerprint density at radius 2 is 2.06 bits per heavy atom. The van der Waals surface area contributed by atoms with E-state index in [4.69, 9.17) is 0 Å². The molecule has 1 atom stereocenters. The molecule has 2 aliphatic rings. The molecule has 0 aromatic carbocycles. The number of hydrogen-bond donors (Lipinski definition) is 0. The number of nitrogens with zero attached hydrogens (tertiary/aromatic N) is 2. The Morgan fingerprint density at radius 1 is 1.25 bits per heavy atom. The molecule has 0 saturated carbocycles. The number of rotatable bonds is 3. The summed E-state index contributed by atoms with van der Waals surface area (Å²) in [7, 11) is 0. The number of ketones is 1. The molecule has 0 bridgehead atoms. The van der Waals surface area contributed by atoms with Crippen LogP contribution >= 0.6 is 0 Å². The van der Waals surface area contributed by atoms with Crippen LogP contribution in [-0.2, 0) is 9.59 Å². The number of likely N-dealkylation sites (tertiary alicyclic amines) is 2. The van der Waals surface area contributed by atoms with Crippen LogP contribution in [0.25, 0.3) is 0 Å². The highest BCUT2D eigenvalue weighted by Crippen LogP contribution is 2.16. The van der Waals surface area contributed by atoms with E-state index in [1.807, 2.05) is 0 Å². The van der Waals surface area contributed by atoms with Crippen LogP contribution in [-0.4, -0.2) is 53.7 Å². The van der Waals surface area contributed by atoms with E-state index in [9.17, 15) is 9.59 Å². The Bertz CT molecular complexity index is 291. The molecule has 1 amide bonds. The largest absolute Gasteiger partial charge is 0.334 e. The first kappa shape index (κ1) is 11.6. The van der Waals surface area contributed by atoms with Gasteiger partial charge >= 0.3 is 0 Å². The molecule has 1 unspecified atom stereocenters. The van der Waals surface area contributed by atoms with E-state index in [0.29, 0.717) is 12.6 Å². The number of carbonyl (C=O) groups is 2. The second-order valence-electron chi connectivity index (χ2n) is 4.91. The molecule has 2 heterocycles. The lowest BCUT2D eigenvalue weighted by atomic mass is 10.0. The third-order valence-corrected chi connectivity index (χ3v) is 3.67. The summed E-state index contributed by atoms with van der Waals surface area (Å²) < 4.78 is 0. The normalized spacial score (nSPS) is 27.8. The first-order valence-corrected chi connectivity index (χ1v) is 6.20. The van der Waals surface area contributed by atoms with Crippen LogP contribution in [0.5, 0.6) is 0 Å². The van der Waals surface area contributed by atoms with Crippen LogP contribution in [0, 0.1) is 0 Å². The number of amides is 1. The van der Waals surface area contributed by atoms with Gasteiger partial charge in [-0.05, 0) is 26.3 Å². The lowest BCUT2D eigenvalue weighted by Gasteiger charge is -2.34. The topological polar surface area (TPSA) is 40.6 Å². The zero-order chi connectivity index (χ0) is 11.5. The predicted octanol–water partition coefficient (Wildman–Crippen LogP) is 0.662. The van der Waals surface area contributed by atoms with E-state index >= 15 is 0 Å². The molecular formula is C12H20N2O2. The minimum atomic E-state index is 0.00895. The Balaban J connectivity index is 1.78. The van der Waals surface area contributed by atoms with Crippen molar-refractivity contribution in [1.82, 2.24) is 9.80 Å². The highest BCUT2D eigenvalue weighted by molar-refractivity contribution is 6.05. The minimum Gasteiger partial charge on any atom is -0.334 e. The number of carbonyl (C=O) groups excluding carboxylic acids is 2. The van der Waals surface area contributed by atoms with Gasteiger partial charge in [0.15, 0.2) is 5.78 Å². The van der Waals surface area contributed by atoms with Crippen LogP contribution in [0.2, 0.25) is 0 Å². The Kier molecular flexibility index (Phi) is 3.59. The molecule has 2 aliphatic heterocycles. The van der Waals surface area contributed by atoms with Crippen molar-refractivity contribution >= 4 is 11.7 Å². The predicted molar refractivity (Wildman–Crippen MR) is 61.1 cm³/mol. The van der Waals surface area contributed by atoms with Gasteiger partial charge in [0.25, 0.3) is 0 Å². The summed E-state index contributed by atoms with van der Waals surface area (Å²) in [6.07, 6.45) is 3.96. The van der Waals surface area contributed by atoms with Crippen LogP contribution < -0.4 is 0 Å². The van der Waals surface area contributed by atoms with Gasteiger partial charge in [-0.25, -0.2) is 0 Å². The molecular weight excluding hydrogens is 204 g/mol.